The molecular weight excluding hydrogens is 587 g/mol. The standard InChI is InChI=1S/C26H27BrCl2N2O6/c1-24(2,3)31-20(33)15-8-7-13-16(18(15)21(31)34)10-25(28)22(35)30(11-27)23(36)26(25,29)19(13)14-6-5-12(32)9-17(14)37-4/h5-7,9,15-16,18-19,32H,8,10-11H2,1-4H3/t15-,16+,18-,19+,25+,26-/m0/s1. The summed E-state index contributed by atoms with van der Waals surface area (Å²) in [6, 6.07) is 4.43. The van der Waals surface area contributed by atoms with Gasteiger partial charge in [-0.15, -0.1) is 23.2 Å². The van der Waals surface area contributed by atoms with Gasteiger partial charge in [-0.3, -0.25) is 29.0 Å². The number of benzene rings is 1. The van der Waals surface area contributed by atoms with Crippen molar-refractivity contribution in [1.82, 2.24) is 9.80 Å². The molecule has 6 atom stereocenters. The van der Waals surface area contributed by atoms with Crippen molar-refractivity contribution in [3.05, 3.63) is 35.4 Å². The number of aromatic hydroxyl groups is 1. The molecule has 2 aliphatic carbocycles. The van der Waals surface area contributed by atoms with Gasteiger partial charge >= 0.3 is 0 Å². The van der Waals surface area contributed by atoms with Gasteiger partial charge in [-0.05, 0) is 45.6 Å². The number of nitrogens with zero attached hydrogens (tertiary/aromatic N) is 2. The van der Waals surface area contributed by atoms with Crippen molar-refractivity contribution in [2.75, 3.05) is 12.6 Å². The summed E-state index contributed by atoms with van der Waals surface area (Å²) in [6.07, 6.45) is 2.08. The first kappa shape index (κ1) is 26.5. The smallest absolute Gasteiger partial charge is 0.254 e. The highest BCUT2D eigenvalue weighted by Crippen LogP contribution is 2.66. The highest BCUT2D eigenvalue weighted by molar-refractivity contribution is 9.09. The lowest BCUT2D eigenvalue weighted by molar-refractivity contribution is -0.146. The number of phenolic OH excluding ortho intramolecular Hbond substituents is 1. The van der Waals surface area contributed by atoms with Gasteiger partial charge in [0.2, 0.25) is 11.8 Å². The zero-order chi connectivity index (χ0) is 27.2. The van der Waals surface area contributed by atoms with Crippen LogP contribution in [0.4, 0.5) is 0 Å². The number of carbonyl (C=O) groups excluding carboxylic acids is 4. The fourth-order valence-corrected chi connectivity index (χ4v) is 8.12. The van der Waals surface area contributed by atoms with Crippen molar-refractivity contribution in [3.63, 3.8) is 0 Å². The van der Waals surface area contributed by atoms with Gasteiger partial charge < -0.3 is 9.84 Å². The molecule has 3 fully saturated rings. The van der Waals surface area contributed by atoms with Gasteiger partial charge in [0.25, 0.3) is 11.8 Å². The van der Waals surface area contributed by atoms with Crippen LogP contribution in [0.15, 0.2) is 29.8 Å². The number of fused-ring (bicyclic) bond motifs is 4. The minimum atomic E-state index is -1.92. The Morgan fingerprint density at radius 2 is 1.78 bits per heavy atom. The van der Waals surface area contributed by atoms with Crippen molar-refractivity contribution in [2.45, 2.75) is 54.8 Å². The van der Waals surface area contributed by atoms with Gasteiger partial charge in [0.1, 0.15) is 11.5 Å². The Morgan fingerprint density at radius 3 is 2.38 bits per heavy atom. The van der Waals surface area contributed by atoms with Crippen molar-refractivity contribution < 1.29 is 29.0 Å². The molecule has 0 spiro atoms. The monoisotopic (exact) mass is 612 g/mol. The number of methoxy groups -OCH3 is 1. The molecule has 2 aliphatic heterocycles. The van der Waals surface area contributed by atoms with E-state index in [4.69, 9.17) is 27.9 Å². The van der Waals surface area contributed by atoms with E-state index >= 15 is 0 Å². The quantitative estimate of drug-likeness (QED) is 0.240. The number of likely N-dealkylation sites (tertiary alicyclic amines) is 2. The lowest BCUT2D eigenvalue weighted by atomic mass is 9.56. The van der Waals surface area contributed by atoms with E-state index in [1.807, 2.05) is 6.08 Å². The zero-order valence-corrected chi connectivity index (χ0v) is 23.9. The third kappa shape index (κ3) is 3.32. The molecule has 0 aromatic heterocycles. The number of alkyl halides is 3. The van der Waals surface area contributed by atoms with E-state index in [2.05, 4.69) is 15.9 Å². The number of hydrogen-bond acceptors (Lipinski definition) is 6. The number of hydrogen-bond donors (Lipinski definition) is 1. The second kappa shape index (κ2) is 8.45. The number of phenols is 1. The molecule has 4 amide bonds. The van der Waals surface area contributed by atoms with E-state index in [-0.39, 0.29) is 41.6 Å². The van der Waals surface area contributed by atoms with Crippen LogP contribution >= 0.6 is 39.1 Å². The van der Waals surface area contributed by atoms with Crippen LogP contribution in [0.1, 0.15) is 45.1 Å². The molecule has 0 unspecified atom stereocenters. The van der Waals surface area contributed by atoms with Crippen molar-refractivity contribution in [3.8, 4) is 11.5 Å². The molecule has 0 bridgehead atoms. The van der Waals surface area contributed by atoms with Crippen LogP contribution in [0.25, 0.3) is 0 Å². The highest BCUT2D eigenvalue weighted by atomic mass is 79.9. The molecule has 1 aromatic carbocycles. The van der Waals surface area contributed by atoms with Crippen molar-refractivity contribution in [1.29, 1.82) is 0 Å². The maximum absolute atomic E-state index is 13.8. The number of rotatable bonds is 3. The summed E-state index contributed by atoms with van der Waals surface area (Å²) in [4.78, 5) is 53.1. The second-order valence-electron chi connectivity index (χ2n) is 11.1. The molecular formula is C26H27BrCl2N2O6. The molecule has 0 radical (unpaired) electrons. The highest BCUT2D eigenvalue weighted by Gasteiger charge is 2.76. The number of halogens is 3. The fraction of sp³-hybridized carbons (Fsp3) is 0.538. The summed E-state index contributed by atoms with van der Waals surface area (Å²) >= 11 is 17.6. The van der Waals surface area contributed by atoms with Crippen molar-refractivity contribution in [2.24, 2.45) is 17.8 Å². The molecule has 4 aliphatic rings. The van der Waals surface area contributed by atoms with Crippen LogP contribution in [0.5, 0.6) is 11.5 Å². The Balaban J connectivity index is 1.75. The van der Waals surface area contributed by atoms with Gasteiger partial charge in [-0.2, -0.15) is 0 Å². The number of amides is 4. The molecule has 1 aromatic rings. The van der Waals surface area contributed by atoms with Crippen LogP contribution in [-0.4, -0.2) is 66.4 Å². The van der Waals surface area contributed by atoms with E-state index in [0.717, 1.165) is 4.90 Å². The first-order chi connectivity index (χ1) is 17.2. The number of carbonyl (C=O) groups is 4. The SMILES string of the molecule is COc1cc(O)ccc1[C@H]1C2=CC[C@@H]3C(=O)N(C(C)(C)C)C(=O)[C@@H]3[C@@H]2C[C@@]2(Cl)C(=O)N(CBr)C(=O)[C@@]12Cl. The van der Waals surface area contributed by atoms with Gasteiger partial charge in [-0.1, -0.05) is 33.6 Å². The van der Waals surface area contributed by atoms with Crippen molar-refractivity contribution >= 4 is 62.8 Å². The topological polar surface area (TPSA) is 104 Å². The van der Waals surface area contributed by atoms with E-state index in [1.54, 1.807) is 26.8 Å². The second-order valence-corrected chi connectivity index (χ2v) is 12.8. The average molecular weight is 614 g/mol. The van der Waals surface area contributed by atoms with E-state index in [9.17, 15) is 24.3 Å². The van der Waals surface area contributed by atoms with E-state index < -0.39 is 50.8 Å². The number of allylic oxidation sites excluding steroid dienone is 2. The third-order valence-corrected chi connectivity index (χ3v) is 10.1. The maximum Gasteiger partial charge on any atom is 0.254 e. The van der Waals surface area contributed by atoms with Gasteiger partial charge in [0.15, 0.2) is 9.75 Å². The van der Waals surface area contributed by atoms with E-state index in [1.165, 1.54) is 24.1 Å². The van der Waals surface area contributed by atoms with E-state index in [0.29, 0.717) is 11.1 Å². The molecule has 1 saturated carbocycles. The summed E-state index contributed by atoms with van der Waals surface area (Å²) in [5.41, 5.74) is 0.307. The molecule has 2 heterocycles. The fourth-order valence-electron chi connectivity index (χ4n) is 6.70. The molecule has 198 valence electrons. The largest absolute Gasteiger partial charge is 0.508 e. The average Bonchev–Trinajstić information content (AvgIpc) is 3.17. The molecule has 11 heteroatoms. The first-order valence-corrected chi connectivity index (χ1v) is 13.9. The molecule has 37 heavy (non-hydrogen) atoms. The molecule has 5 rings (SSSR count). The van der Waals surface area contributed by atoms with Gasteiger partial charge in [0, 0.05) is 23.1 Å². The lowest BCUT2D eigenvalue weighted by Gasteiger charge is -2.51. The predicted molar refractivity (Wildman–Crippen MR) is 140 cm³/mol. The lowest BCUT2D eigenvalue weighted by Crippen LogP contribution is -2.60. The molecule has 2 saturated heterocycles. The van der Waals surface area contributed by atoms with Crippen LogP contribution in [0.2, 0.25) is 0 Å². The minimum Gasteiger partial charge on any atom is -0.508 e. The zero-order valence-electron chi connectivity index (χ0n) is 20.8. The normalized spacial score (nSPS) is 35.4. The summed E-state index contributed by atoms with van der Waals surface area (Å²) in [5, 5.41) is 10.1. The maximum atomic E-state index is 13.8. The van der Waals surface area contributed by atoms with Crippen LogP contribution in [-0.2, 0) is 19.2 Å². The minimum absolute atomic E-state index is 0.0558. The van der Waals surface area contributed by atoms with Crippen LogP contribution < -0.4 is 4.74 Å². The Morgan fingerprint density at radius 1 is 1.11 bits per heavy atom. The number of ether oxygens (including phenoxy) is 1. The third-order valence-electron chi connectivity index (χ3n) is 8.21. The van der Waals surface area contributed by atoms with Crippen LogP contribution in [0.3, 0.4) is 0 Å². The Bertz CT molecular complexity index is 1280. The molecule has 8 nitrogen and oxygen atoms in total. The van der Waals surface area contributed by atoms with Gasteiger partial charge in [-0.25, -0.2) is 0 Å². The Labute approximate surface area is 233 Å². The first-order valence-electron chi connectivity index (χ1n) is 12.0. The number of imide groups is 2. The summed E-state index contributed by atoms with van der Waals surface area (Å²) < 4.78 is 5.55. The summed E-state index contributed by atoms with van der Waals surface area (Å²) in [6.45, 7) is 5.41. The summed E-state index contributed by atoms with van der Waals surface area (Å²) in [7, 11) is 1.42. The predicted octanol–water partition coefficient (Wildman–Crippen LogP) is 3.91. The Kier molecular flexibility index (Phi) is 6.05. The van der Waals surface area contributed by atoms with Crippen LogP contribution in [0, 0.1) is 17.8 Å². The van der Waals surface area contributed by atoms with Gasteiger partial charge in [0.05, 0.1) is 24.4 Å². The summed E-state index contributed by atoms with van der Waals surface area (Å²) in [5.74, 6) is -4.56. The molecule has 1 N–H and O–H groups in total. The Hall–Kier alpha value is -2.10.